The molecular weight excluding hydrogens is 1190 g/mol. The second kappa shape index (κ2) is 33.9. The number of esters is 6. The van der Waals surface area contributed by atoms with Gasteiger partial charge in [-0.3, -0.25) is 30.0 Å². The van der Waals surface area contributed by atoms with E-state index in [2.05, 4.69) is 44.2 Å². The zero-order valence-electron chi connectivity index (χ0n) is 49.9. The van der Waals surface area contributed by atoms with Crippen molar-refractivity contribution in [3.05, 3.63) is 146 Å². The average Bonchev–Trinajstić information content (AvgIpc) is 1.61. The predicted molar refractivity (Wildman–Crippen MR) is 345 cm³/mol. The average molecular weight is 1260 g/mol. The zero-order valence-corrected chi connectivity index (χ0v) is 51.5. The molecule has 2 aliphatic rings. The van der Waals surface area contributed by atoms with Gasteiger partial charge in [0.15, 0.2) is 0 Å². The maximum atomic E-state index is 14.2. The van der Waals surface area contributed by atoms with Gasteiger partial charge in [-0.05, 0) is 188 Å². The highest BCUT2D eigenvalue weighted by Gasteiger charge is 2.35. The molecule has 9 rings (SSSR count). The van der Waals surface area contributed by atoms with Crippen LogP contribution >= 0.6 is 22.7 Å². The Morgan fingerprint density at radius 2 is 0.778 bits per heavy atom. The molecule has 2 saturated carbocycles. The van der Waals surface area contributed by atoms with Crippen molar-refractivity contribution in [3.8, 4) is 34.5 Å². The van der Waals surface area contributed by atoms with Gasteiger partial charge in [0.2, 0.25) is 10.3 Å². The van der Waals surface area contributed by atoms with E-state index >= 15 is 0 Å². The molecule has 0 amide bonds. The zero-order chi connectivity index (χ0) is 62.9. The van der Waals surface area contributed by atoms with E-state index < -0.39 is 47.5 Å². The van der Waals surface area contributed by atoms with Crippen molar-refractivity contribution in [2.45, 2.75) is 103 Å². The third-order valence-corrected chi connectivity index (χ3v) is 17.1. The Morgan fingerprint density at radius 3 is 1.13 bits per heavy atom. The van der Waals surface area contributed by atoms with Gasteiger partial charge in [-0.2, -0.15) is 10.2 Å². The molecule has 5 aromatic carbocycles. The number of ether oxygens (including phenoxy) is 8. The van der Waals surface area contributed by atoms with Crippen molar-refractivity contribution >= 4 is 102 Å². The van der Waals surface area contributed by atoms with Crippen LogP contribution in [0.1, 0.15) is 114 Å². The van der Waals surface area contributed by atoms with E-state index in [0.717, 1.165) is 84.0 Å². The molecule has 0 aliphatic heterocycles. The van der Waals surface area contributed by atoms with Crippen molar-refractivity contribution in [1.29, 1.82) is 0 Å². The van der Waals surface area contributed by atoms with E-state index in [0.29, 0.717) is 122 Å². The number of aromatic nitrogens is 2. The van der Waals surface area contributed by atoms with Crippen LogP contribution in [0.15, 0.2) is 145 Å². The smallest absolute Gasteiger partial charge is 0.330 e. The first kappa shape index (κ1) is 65.2. The van der Waals surface area contributed by atoms with Crippen LogP contribution in [0.25, 0.3) is 20.4 Å². The Kier molecular flexibility index (Phi) is 24.5. The summed E-state index contributed by atoms with van der Waals surface area (Å²) in [6.45, 7) is 8.54. The van der Waals surface area contributed by atoms with Crippen molar-refractivity contribution in [2.24, 2.45) is 33.9 Å². The Balaban J connectivity index is 0.824. The maximum Gasteiger partial charge on any atom is 0.330 e. The van der Waals surface area contributed by atoms with Gasteiger partial charge in [-0.15, -0.1) is 0 Å². The second-order valence-corrected chi connectivity index (χ2v) is 23.7. The summed E-state index contributed by atoms with van der Waals surface area (Å²) < 4.78 is 47.7. The van der Waals surface area contributed by atoms with E-state index in [1.54, 1.807) is 60.7 Å². The lowest BCUT2D eigenvalue weighted by Crippen LogP contribution is -2.31. The summed E-state index contributed by atoms with van der Waals surface area (Å²) in [6, 6.07) is 32.3. The number of para-hydroxylation sites is 2. The molecule has 0 radical (unpaired) electrons. The summed E-state index contributed by atoms with van der Waals surface area (Å²) in [5, 5.41) is 10.0. The van der Waals surface area contributed by atoms with Crippen LogP contribution in [0.5, 0.6) is 34.5 Å². The molecule has 0 saturated heterocycles. The Hall–Kier alpha value is -9.28. The van der Waals surface area contributed by atoms with Crippen molar-refractivity contribution in [3.63, 3.8) is 0 Å². The lowest BCUT2D eigenvalue weighted by molar-refractivity contribution is -0.145. The monoisotopic (exact) mass is 1260 g/mol. The Labute approximate surface area is 529 Å². The molecule has 2 aromatic heterocycles. The first-order valence-electron chi connectivity index (χ1n) is 30.3. The second-order valence-electron chi connectivity index (χ2n) is 21.6. The van der Waals surface area contributed by atoms with Gasteiger partial charge in [0, 0.05) is 23.3 Å². The molecule has 2 aliphatic carbocycles. The Bertz CT molecular complexity index is 3340. The first-order chi connectivity index (χ1) is 44.0. The van der Waals surface area contributed by atoms with Gasteiger partial charge in [0.1, 0.15) is 34.5 Å². The molecular formula is C68H72N6O14S2. The summed E-state index contributed by atoms with van der Waals surface area (Å²) in [4.78, 5) is 86.9. The molecule has 7 aromatic rings. The minimum Gasteiger partial charge on any atom is -0.494 e. The van der Waals surface area contributed by atoms with Crippen LogP contribution in [0.3, 0.4) is 0 Å². The van der Waals surface area contributed by atoms with Crippen LogP contribution in [0.2, 0.25) is 0 Å². The largest absolute Gasteiger partial charge is 0.494 e. The number of hydrogen-bond donors (Lipinski definition) is 2. The normalized spacial score (nSPS) is 16.4. The number of hydrazone groups is 2. The highest BCUT2D eigenvalue weighted by atomic mass is 32.1. The molecule has 0 spiro atoms. The fourth-order valence-electron chi connectivity index (χ4n) is 10.2. The van der Waals surface area contributed by atoms with Crippen molar-refractivity contribution in [2.75, 3.05) is 37.3 Å². The van der Waals surface area contributed by atoms with Crippen molar-refractivity contribution in [1.82, 2.24) is 9.97 Å². The fourth-order valence-corrected chi connectivity index (χ4v) is 11.8. The fraction of sp³-hybridized carbons (Fsp3) is 0.353. The van der Waals surface area contributed by atoms with E-state index in [4.69, 9.17) is 37.9 Å². The van der Waals surface area contributed by atoms with Gasteiger partial charge < -0.3 is 37.9 Å². The number of carbonyl (C=O) groups excluding carboxylic acids is 6. The molecule has 2 fully saturated rings. The number of unbranched alkanes of at least 4 members (excludes halogenated alkanes) is 6. The lowest BCUT2D eigenvalue weighted by Gasteiger charge is -2.26. The number of nitrogens with zero attached hydrogens (tertiary/aromatic N) is 4. The first-order valence-corrected chi connectivity index (χ1v) is 32.0. The third kappa shape index (κ3) is 19.9. The summed E-state index contributed by atoms with van der Waals surface area (Å²) in [6.07, 6.45) is 15.2. The minimum atomic E-state index is -0.546. The standard InChI is InChI=1S/C68H72N6O14S2/c1-3-61(75)83-39-15-7-5-13-37-81-51-29-33-53(34-30-51)85-63(77)45-21-25-47(26-22-45)65(79)87-57-41-50(44-70-74-68-72-56-18-10-12-20-60(56)90-68)58(42-49(57)43-69-73-67-71-55-17-9-11-19-59(55)89-67)88-66(80)48-27-23-46(24-28-48)64(78)86-54-35-31-52(32-36-54)82-38-14-6-8-16-40-84-62(76)4-2/h3-4,9-12,17-20,29-36,41-48H,1-2,5-8,13-16,21-28,37-40H2,(H,71,73)(H,72,74)/b69-43+,70-44+. The molecule has 0 unspecified atom stereocenters. The maximum absolute atomic E-state index is 14.2. The molecule has 2 N–H and O–H groups in total. The Morgan fingerprint density at radius 1 is 0.444 bits per heavy atom. The molecule has 22 heteroatoms. The summed E-state index contributed by atoms with van der Waals surface area (Å²) in [5.74, 6) is -2.29. The minimum absolute atomic E-state index is 0.115. The number of fused-ring (bicyclic) bond motifs is 2. The molecule has 0 bridgehead atoms. The van der Waals surface area contributed by atoms with Gasteiger partial charge in [-0.1, -0.05) is 60.1 Å². The molecule has 90 heavy (non-hydrogen) atoms. The SMILES string of the molecule is C=CC(=O)OCCCCCCOc1ccc(OC(=O)C2CCC(C(=O)Oc3cc(/C=N/Nc4nc5ccccc5s4)c(OC(=O)C4CCC(C(=O)Oc5ccc(OCCCCCCOC(=O)C=C)cc5)CC4)cc3/C=N/Nc3nc4ccccc4s3)CC2)cc1. The van der Waals surface area contributed by atoms with Crippen LogP contribution in [-0.4, -0.2) is 84.6 Å². The molecule has 0 atom stereocenters. The molecule has 470 valence electrons. The highest BCUT2D eigenvalue weighted by Crippen LogP contribution is 2.37. The number of rotatable bonds is 32. The predicted octanol–water partition coefficient (Wildman–Crippen LogP) is 13.8. The quantitative estimate of drug-likeness (QED) is 0.00993. The number of nitrogens with one attached hydrogen (secondary N) is 2. The van der Waals surface area contributed by atoms with Crippen LogP contribution in [-0.2, 0) is 38.2 Å². The topological polar surface area (TPSA) is 251 Å². The van der Waals surface area contributed by atoms with E-state index in [1.807, 2.05) is 48.5 Å². The summed E-state index contributed by atoms with van der Waals surface area (Å²) >= 11 is 2.82. The molecule has 20 nitrogen and oxygen atoms in total. The van der Waals surface area contributed by atoms with Gasteiger partial charge in [0.05, 0.1) is 83.0 Å². The van der Waals surface area contributed by atoms with Crippen molar-refractivity contribution < 1.29 is 66.7 Å². The van der Waals surface area contributed by atoms with E-state index in [1.165, 1.54) is 35.1 Å². The van der Waals surface area contributed by atoms with Crippen LogP contribution < -0.4 is 39.3 Å². The number of hydrogen-bond acceptors (Lipinski definition) is 22. The van der Waals surface area contributed by atoms with Gasteiger partial charge >= 0.3 is 35.8 Å². The summed E-state index contributed by atoms with van der Waals surface area (Å²) in [7, 11) is 0. The highest BCUT2D eigenvalue weighted by molar-refractivity contribution is 7.22. The number of benzene rings is 5. The lowest BCUT2D eigenvalue weighted by atomic mass is 9.82. The van der Waals surface area contributed by atoms with Gasteiger partial charge in [0.25, 0.3) is 0 Å². The van der Waals surface area contributed by atoms with Gasteiger partial charge in [-0.25, -0.2) is 19.6 Å². The number of thiazole rings is 2. The molecule has 2 heterocycles. The van der Waals surface area contributed by atoms with E-state index in [-0.39, 0.29) is 23.4 Å². The summed E-state index contributed by atoms with van der Waals surface area (Å²) in [5.41, 5.74) is 8.17. The number of anilines is 2. The van der Waals surface area contributed by atoms with E-state index in [9.17, 15) is 28.8 Å². The van der Waals surface area contributed by atoms with Crippen LogP contribution in [0.4, 0.5) is 10.3 Å². The third-order valence-electron chi connectivity index (χ3n) is 15.2. The van der Waals surface area contributed by atoms with Crippen LogP contribution in [0, 0.1) is 23.7 Å². The number of carbonyl (C=O) groups is 6.